The van der Waals surface area contributed by atoms with Gasteiger partial charge in [0.15, 0.2) is 9.84 Å². The second kappa shape index (κ2) is 8.10. The Morgan fingerprint density at radius 1 is 1.50 bits per heavy atom. The van der Waals surface area contributed by atoms with Crippen molar-refractivity contribution < 1.29 is 17.6 Å². The van der Waals surface area contributed by atoms with Crippen molar-refractivity contribution in [1.29, 1.82) is 0 Å². The summed E-state index contributed by atoms with van der Waals surface area (Å²) in [4.78, 5) is 15.4. The van der Waals surface area contributed by atoms with Crippen LogP contribution in [0.3, 0.4) is 0 Å². The Balaban J connectivity index is 1.64. The summed E-state index contributed by atoms with van der Waals surface area (Å²) >= 11 is 2.69. The summed E-state index contributed by atoms with van der Waals surface area (Å²) in [5.74, 6) is 0.695. The minimum atomic E-state index is -3.05. The number of sulfone groups is 1. The summed E-state index contributed by atoms with van der Waals surface area (Å²) in [6.07, 6.45) is 1.28. The molecule has 10 heteroatoms. The molecule has 0 bridgehead atoms. The Morgan fingerprint density at radius 2 is 2.31 bits per heavy atom. The molecule has 1 amide bonds. The fourth-order valence-electron chi connectivity index (χ4n) is 2.97. The summed E-state index contributed by atoms with van der Waals surface area (Å²) in [5, 5.41) is 10.2. The van der Waals surface area contributed by atoms with Gasteiger partial charge >= 0.3 is 0 Å². The number of hydrogen-bond acceptors (Lipinski definition) is 8. The number of aromatic nitrogens is 2. The quantitative estimate of drug-likeness (QED) is 0.642. The van der Waals surface area contributed by atoms with Gasteiger partial charge < -0.3 is 9.32 Å². The second-order valence-electron chi connectivity index (χ2n) is 6.25. The number of carbonyl (C=O) groups excluding carboxylic acids is 1. The fraction of sp³-hybridized carbons (Fsp3) is 0.562. The van der Waals surface area contributed by atoms with E-state index < -0.39 is 9.84 Å². The third-order valence-corrected chi connectivity index (χ3v) is 7.82. The highest BCUT2D eigenvalue weighted by Gasteiger charge is 2.36. The predicted molar refractivity (Wildman–Crippen MR) is 102 cm³/mol. The topological polar surface area (TPSA) is 93.4 Å². The van der Waals surface area contributed by atoms with Crippen molar-refractivity contribution in [2.45, 2.75) is 44.0 Å². The normalized spacial score (nSPS) is 20.2. The highest BCUT2D eigenvalue weighted by atomic mass is 32.2. The molecule has 1 fully saturated rings. The summed E-state index contributed by atoms with van der Waals surface area (Å²) in [5.41, 5.74) is 0. The van der Waals surface area contributed by atoms with Crippen LogP contribution in [0.15, 0.2) is 27.2 Å². The molecular formula is C16H21N3O4S3. The van der Waals surface area contributed by atoms with Crippen LogP contribution < -0.4 is 0 Å². The highest BCUT2D eigenvalue weighted by Crippen LogP contribution is 2.28. The van der Waals surface area contributed by atoms with Gasteiger partial charge in [0.05, 0.1) is 22.1 Å². The number of rotatable bonds is 7. The van der Waals surface area contributed by atoms with E-state index in [9.17, 15) is 13.2 Å². The van der Waals surface area contributed by atoms with Gasteiger partial charge in [-0.3, -0.25) is 4.79 Å². The van der Waals surface area contributed by atoms with Crippen LogP contribution in [0.1, 0.15) is 26.7 Å². The predicted octanol–water partition coefficient (Wildman–Crippen LogP) is 2.70. The maximum absolute atomic E-state index is 12.8. The lowest BCUT2D eigenvalue weighted by Gasteiger charge is -2.33. The van der Waals surface area contributed by atoms with Crippen LogP contribution in [-0.2, 0) is 14.6 Å². The Bertz CT molecular complexity index is 848. The molecule has 7 nitrogen and oxygen atoms in total. The van der Waals surface area contributed by atoms with Crippen molar-refractivity contribution in [3.8, 4) is 10.8 Å². The third-order valence-electron chi connectivity index (χ3n) is 4.41. The molecule has 2 aromatic heterocycles. The minimum absolute atomic E-state index is 0.00855. The summed E-state index contributed by atoms with van der Waals surface area (Å²) < 4.78 is 29.2. The molecule has 1 aliphatic rings. The van der Waals surface area contributed by atoms with Gasteiger partial charge in [-0.15, -0.1) is 21.5 Å². The molecule has 0 radical (unpaired) electrons. The molecule has 3 heterocycles. The lowest BCUT2D eigenvalue weighted by molar-refractivity contribution is -0.132. The number of thioether (sulfide) groups is 1. The largest absolute Gasteiger partial charge is 0.410 e. The molecule has 142 valence electrons. The molecule has 3 rings (SSSR count). The number of nitrogens with zero attached hydrogens (tertiary/aromatic N) is 3. The van der Waals surface area contributed by atoms with Crippen molar-refractivity contribution in [1.82, 2.24) is 15.1 Å². The second-order valence-corrected chi connectivity index (χ2v) is 10.4. The monoisotopic (exact) mass is 415 g/mol. The van der Waals surface area contributed by atoms with E-state index in [1.807, 2.05) is 31.4 Å². The Labute approximate surface area is 161 Å². The molecule has 0 unspecified atom stereocenters. The van der Waals surface area contributed by atoms with Gasteiger partial charge in [0.1, 0.15) is 0 Å². The molecule has 1 aliphatic heterocycles. The maximum Gasteiger partial charge on any atom is 0.277 e. The first kappa shape index (κ1) is 19.4. The zero-order valence-corrected chi connectivity index (χ0v) is 17.1. The van der Waals surface area contributed by atoms with E-state index in [0.29, 0.717) is 17.5 Å². The Kier molecular flexibility index (Phi) is 6.03. The fourth-order valence-corrected chi connectivity index (χ4v) is 5.95. The van der Waals surface area contributed by atoms with Gasteiger partial charge in [0, 0.05) is 12.1 Å². The lowest BCUT2D eigenvalue weighted by Crippen LogP contribution is -2.47. The molecule has 2 atom stereocenters. The molecular weight excluding hydrogens is 394 g/mol. The number of thiophene rings is 1. The standard InChI is InChI=1S/C16H21N3O4S3/c1-3-11(2)19(12-6-8-26(21,22)10-12)14(20)9-25-16-18-17-15(23-16)13-5-4-7-24-13/h4-5,7,11-12H,3,6,8-10H2,1-2H3/t11-,12-/m0/s1. The van der Waals surface area contributed by atoms with E-state index in [1.165, 1.54) is 23.1 Å². The molecule has 0 saturated carbocycles. The maximum atomic E-state index is 12.8. The minimum Gasteiger partial charge on any atom is -0.410 e. The van der Waals surface area contributed by atoms with E-state index in [-0.39, 0.29) is 35.2 Å². The first-order chi connectivity index (χ1) is 12.4. The smallest absolute Gasteiger partial charge is 0.277 e. The zero-order chi connectivity index (χ0) is 18.7. The van der Waals surface area contributed by atoms with Crippen LogP contribution in [0.25, 0.3) is 10.8 Å². The SMILES string of the molecule is CC[C@H](C)N(C(=O)CSc1nnc(-c2cccs2)o1)[C@H]1CCS(=O)(=O)C1. The van der Waals surface area contributed by atoms with Crippen molar-refractivity contribution in [2.24, 2.45) is 0 Å². The third kappa shape index (κ3) is 4.47. The Hall–Kier alpha value is -1.39. The zero-order valence-electron chi connectivity index (χ0n) is 14.6. The van der Waals surface area contributed by atoms with Gasteiger partial charge in [-0.1, -0.05) is 24.8 Å². The van der Waals surface area contributed by atoms with Crippen molar-refractivity contribution in [2.75, 3.05) is 17.3 Å². The summed E-state index contributed by atoms with van der Waals surface area (Å²) in [6, 6.07) is 3.54. The van der Waals surface area contributed by atoms with E-state index in [0.717, 1.165) is 11.3 Å². The van der Waals surface area contributed by atoms with Crippen LogP contribution in [0.5, 0.6) is 0 Å². The summed E-state index contributed by atoms with van der Waals surface area (Å²) in [7, 11) is -3.05. The van der Waals surface area contributed by atoms with Crippen LogP contribution >= 0.6 is 23.1 Å². The average Bonchev–Trinajstić information content (AvgIpc) is 3.33. The van der Waals surface area contributed by atoms with Crippen molar-refractivity contribution in [3.63, 3.8) is 0 Å². The number of amides is 1. The van der Waals surface area contributed by atoms with E-state index in [4.69, 9.17) is 4.42 Å². The van der Waals surface area contributed by atoms with Gasteiger partial charge in [-0.05, 0) is 31.2 Å². The molecule has 0 N–H and O–H groups in total. The molecule has 1 saturated heterocycles. The Morgan fingerprint density at radius 3 is 2.92 bits per heavy atom. The lowest BCUT2D eigenvalue weighted by atomic mass is 10.1. The van der Waals surface area contributed by atoms with Gasteiger partial charge in [0.25, 0.3) is 11.1 Å². The molecule has 2 aromatic rings. The van der Waals surface area contributed by atoms with Crippen LogP contribution in [0.2, 0.25) is 0 Å². The van der Waals surface area contributed by atoms with Gasteiger partial charge in [0.2, 0.25) is 5.91 Å². The number of carbonyl (C=O) groups is 1. The van der Waals surface area contributed by atoms with Gasteiger partial charge in [-0.25, -0.2) is 8.42 Å². The molecule has 0 spiro atoms. The van der Waals surface area contributed by atoms with E-state index in [1.54, 1.807) is 4.90 Å². The molecule has 0 aromatic carbocycles. The molecule has 0 aliphatic carbocycles. The first-order valence-electron chi connectivity index (χ1n) is 8.41. The van der Waals surface area contributed by atoms with E-state index >= 15 is 0 Å². The average molecular weight is 416 g/mol. The highest BCUT2D eigenvalue weighted by molar-refractivity contribution is 7.99. The number of hydrogen-bond donors (Lipinski definition) is 0. The van der Waals surface area contributed by atoms with Crippen molar-refractivity contribution >= 4 is 38.8 Å². The van der Waals surface area contributed by atoms with Crippen LogP contribution in [0.4, 0.5) is 0 Å². The van der Waals surface area contributed by atoms with Crippen molar-refractivity contribution in [3.05, 3.63) is 17.5 Å². The van der Waals surface area contributed by atoms with Crippen LogP contribution in [-0.4, -0.2) is 58.8 Å². The first-order valence-corrected chi connectivity index (χ1v) is 12.1. The van der Waals surface area contributed by atoms with Gasteiger partial charge in [-0.2, -0.15) is 0 Å². The molecule has 26 heavy (non-hydrogen) atoms. The summed E-state index contributed by atoms with van der Waals surface area (Å²) in [6.45, 7) is 3.95. The van der Waals surface area contributed by atoms with E-state index in [2.05, 4.69) is 10.2 Å². The van der Waals surface area contributed by atoms with Crippen LogP contribution in [0, 0.1) is 0 Å².